The lowest BCUT2D eigenvalue weighted by Crippen LogP contribution is -2.39. The Morgan fingerprint density at radius 2 is 2.25 bits per heavy atom. The maximum absolute atomic E-state index is 12.1. The average molecular weight is 288 g/mol. The molecule has 0 saturated carbocycles. The van der Waals surface area contributed by atoms with Crippen molar-refractivity contribution in [3.63, 3.8) is 0 Å². The maximum atomic E-state index is 12.1. The molecule has 0 spiro atoms. The predicted molar refractivity (Wildman–Crippen MR) is 79.6 cm³/mol. The first kappa shape index (κ1) is 14.0. The molecule has 0 amide bonds. The Morgan fingerprint density at radius 3 is 2.85 bits per heavy atom. The number of carbonyl (C=O) groups excluding carboxylic acids is 1. The van der Waals surface area contributed by atoms with Gasteiger partial charge in [0.2, 0.25) is 0 Å². The molecule has 4 atom stereocenters. The van der Waals surface area contributed by atoms with Crippen molar-refractivity contribution < 1.29 is 14.3 Å². The van der Waals surface area contributed by atoms with Crippen LogP contribution in [-0.4, -0.2) is 36.4 Å². The maximum Gasteiger partial charge on any atom is 0.309 e. The van der Waals surface area contributed by atoms with Crippen molar-refractivity contribution in [1.82, 2.24) is 0 Å². The number of hydrogen-bond acceptors (Lipinski definition) is 4. The van der Waals surface area contributed by atoms with E-state index in [2.05, 4.69) is 6.92 Å². The predicted octanol–water partition coefficient (Wildman–Crippen LogP) is 2.13. The zero-order valence-corrected chi connectivity index (χ0v) is 12.3. The van der Waals surface area contributed by atoms with Crippen molar-refractivity contribution in [3.05, 3.63) is 35.9 Å². The molecule has 2 unspecified atom stereocenters. The van der Waals surface area contributed by atoms with Gasteiger partial charge in [0.25, 0.3) is 0 Å². The molecule has 2 saturated heterocycles. The number of carbonyl (C=O) groups is 1. The lowest BCUT2D eigenvalue weighted by molar-refractivity contribution is -0.151. The molecule has 2 fully saturated rings. The second kappa shape index (κ2) is 5.45. The van der Waals surface area contributed by atoms with Crippen LogP contribution >= 0.6 is 11.8 Å². The minimum atomic E-state index is -0.428. The van der Waals surface area contributed by atoms with Crippen molar-refractivity contribution in [1.29, 1.82) is 0 Å². The molecule has 1 aromatic rings. The highest BCUT2D eigenvalue weighted by Gasteiger charge is 2.57. The zero-order valence-electron chi connectivity index (χ0n) is 11.5. The number of thioether (sulfide) groups is 1. The molecular formula is C15H17BO3S. The number of esters is 1. The number of ether oxygens (including phenoxy) is 2. The van der Waals surface area contributed by atoms with Gasteiger partial charge in [0.1, 0.15) is 14.5 Å². The highest BCUT2D eigenvalue weighted by Crippen LogP contribution is 2.52. The minimum Gasteiger partial charge on any atom is -0.461 e. The van der Waals surface area contributed by atoms with E-state index >= 15 is 0 Å². The van der Waals surface area contributed by atoms with Gasteiger partial charge in [0.05, 0.1) is 12.0 Å². The fourth-order valence-corrected chi connectivity index (χ4v) is 4.65. The third-order valence-corrected chi connectivity index (χ3v) is 5.94. The summed E-state index contributed by atoms with van der Waals surface area (Å²) in [5.41, 5.74) is 0.566. The van der Waals surface area contributed by atoms with Crippen molar-refractivity contribution in [3.8, 4) is 0 Å². The first-order chi connectivity index (χ1) is 9.61. The van der Waals surface area contributed by atoms with Gasteiger partial charge in [-0.25, -0.2) is 0 Å². The van der Waals surface area contributed by atoms with E-state index in [0.29, 0.717) is 17.8 Å². The van der Waals surface area contributed by atoms with Crippen LogP contribution in [0.2, 0.25) is 0 Å². The largest absolute Gasteiger partial charge is 0.461 e. The molecule has 20 heavy (non-hydrogen) atoms. The van der Waals surface area contributed by atoms with Crippen LogP contribution in [0.4, 0.5) is 0 Å². The minimum absolute atomic E-state index is 0.212. The third kappa shape index (κ3) is 2.49. The van der Waals surface area contributed by atoms with Crippen LogP contribution in [0.1, 0.15) is 18.9 Å². The Morgan fingerprint density at radius 1 is 1.50 bits per heavy atom. The Bertz CT molecular complexity index is 495. The fourth-order valence-electron chi connectivity index (χ4n) is 2.96. The number of fused-ring (bicyclic) bond motifs is 2. The smallest absolute Gasteiger partial charge is 0.309 e. The molecule has 0 aromatic heterocycles. The van der Waals surface area contributed by atoms with E-state index in [1.807, 2.05) is 30.3 Å². The van der Waals surface area contributed by atoms with E-state index < -0.39 is 5.60 Å². The normalized spacial score (nSPS) is 35.1. The Hall–Kier alpha value is -0.935. The van der Waals surface area contributed by atoms with Crippen LogP contribution in [0.25, 0.3) is 0 Å². The summed E-state index contributed by atoms with van der Waals surface area (Å²) in [5.74, 6) is 0.912. The first-order valence-corrected chi connectivity index (χ1v) is 7.90. The summed E-state index contributed by atoms with van der Waals surface area (Å²) in [4.78, 5) is 12.1. The Labute approximate surface area is 124 Å². The topological polar surface area (TPSA) is 35.5 Å². The van der Waals surface area contributed by atoms with E-state index in [0.717, 1.165) is 11.3 Å². The number of hydrogen-bond donors (Lipinski definition) is 0. The highest BCUT2D eigenvalue weighted by atomic mass is 32.2. The van der Waals surface area contributed by atoms with Crippen LogP contribution in [0.5, 0.6) is 0 Å². The zero-order chi connectivity index (χ0) is 14.2. The van der Waals surface area contributed by atoms with E-state index in [1.165, 1.54) is 0 Å². The fraction of sp³-hybridized carbons (Fsp3) is 0.533. The van der Waals surface area contributed by atoms with Gasteiger partial charge in [0, 0.05) is 22.9 Å². The SMILES string of the molecule is [B][C@@H]1O[C@@]2(CC(=O)OCc3ccccc3)CSC1C2C. The molecule has 2 aliphatic rings. The average Bonchev–Trinajstić information content (AvgIpc) is 2.86. The number of rotatable bonds is 4. The summed E-state index contributed by atoms with van der Waals surface area (Å²) in [6, 6.07) is 9.43. The van der Waals surface area contributed by atoms with Gasteiger partial charge in [-0.15, -0.1) is 0 Å². The van der Waals surface area contributed by atoms with Crippen LogP contribution in [0, 0.1) is 5.92 Å². The lowest BCUT2D eigenvalue weighted by atomic mass is 9.84. The first-order valence-electron chi connectivity index (χ1n) is 6.85. The van der Waals surface area contributed by atoms with Gasteiger partial charge in [-0.2, -0.15) is 11.8 Å². The van der Waals surface area contributed by atoms with Crippen molar-refractivity contribution >= 4 is 25.6 Å². The van der Waals surface area contributed by atoms with E-state index in [4.69, 9.17) is 17.3 Å². The van der Waals surface area contributed by atoms with Crippen molar-refractivity contribution in [2.24, 2.45) is 5.92 Å². The molecule has 2 heterocycles. The van der Waals surface area contributed by atoms with Crippen molar-refractivity contribution in [2.45, 2.75) is 36.8 Å². The van der Waals surface area contributed by atoms with Crippen LogP contribution < -0.4 is 0 Å². The molecule has 104 valence electrons. The summed E-state index contributed by atoms with van der Waals surface area (Å²) in [5, 5.41) is 0.303. The molecule has 0 N–H and O–H groups in total. The van der Waals surface area contributed by atoms with E-state index in [9.17, 15) is 4.79 Å². The summed E-state index contributed by atoms with van der Waals surface area (Å²) < 4.78 is 11.2. The third-order valence-electron chi connectivity index (χ3n) is 4.22. The van der Waals surface area contributed by atoms with Crippen LogP contribution in [0.3, 0.4) is 0 Å². The molecular weight excluding hydrogens is 271 g/mol. The van der Waals surface area contributed by atoms with Gasteiger partial charge >= 0.3 is 5.97 Å². The van der Waals surface area contributed by atoms with Crippen LogP contribution in [0.15, 0.2) is 30.3 Å². The Kier molecular flexibility index (Phi) is 3.82. The lowest BCUT2D eigenvalue weighted by Gasteiger charge is -2.30. The second-order valence-corrected chi connectivity index (χ2v) is 6.70. The molecule has 1 aromatic carbocycles. The molecule has 2 bridgehead atoms. The van der Waals surface area contributed by atoms with Gasteiger partial charge in [-0.3, -0.25) is 4.79 Å². The molecule has 3 rings (SSSR count). The standard InChI is InChI=1S/C15H17BO3S/c1-10-13-14(16)19-15(10,9-20-13)7-12(17)18-8-11-5-3-2-4-6-11/h2-6,10,13-14H,7-9H2,1H3/t10?,13?,14-,15+/m1/s1. The molecule has 3 nitrogen and oxygen atoms in total. The number of benzene rings is 1. The Balaban J connectivity index is 1.57. The quantitative estimate of drug-likeness (QED) is 0.628. The van der Waals surface area contributed by atoms with Gasteiger partial charge < -0.3 is 9.47 Å². The highest BCUT2D eigenvalue weighted by molar-refractivity contribution is 8.00. The molecule has 0 aliphatic carbocycles. The summed E-state index contributed by atoms with van der Waals surface area (Å²) in [6.45, 7) is 2.43. The summed E-state index contributed by atoms with van der Waals surface area (Å²) in [7, 11) is 5.94. The van der Waals surface area contributed by atoms with Gasteiger partial charge in [-0.05, 0) is 5.56 Å². The molecule has 5 heteroatoms. The molecule has 2 aliphatic heterocycles. The van der Waals surface area contributed by atoms with E-state index in [-0.39, 0.29) is 18.4 Å². The monoisotopic (exact) mass is 288 g/mol. The van der Waals surface area contributed by atoms with Crippen molar-refractivity contribution in [2.75, 3.05) is 5.75 Å². The summed E-state index contributed by atoms with van der Waals surface area (Å²) >= 11 is 1.81. The van der Waals surface area contributed by atoms with E-state index in [1.54, 1.807) is 11.8 Å². The molecule has 2 radical (unpaired) electrons. The second-order valence-electron chi connectivity index (χ2n) is 5.53. The van der Waals surface area contributed by atoms with Crippen LogP contribution in [-0.2, 0) is 20.9 Å². The van der Waals surface area contributed by atoms with Gasteiger partial charge in [0.15, 0.2) is 0 Å². The van der Waals surface area contributed by atoms with Gasteiger partial charge in [-0.1, -0.05) is 37.3 Å². The summed E-state index contributed by atoms with van der Waals surface area (Å²) in [6.07, 6.45) is 0.290.